The summed E-state index contributed by atoms with van der Waals surface area (Å²) >= 11 is 1.67. The molecule has 1 aromatic heterocycles. The molecular weight excluding hydrogens is 382 g/mol. The highest BCUT2D eigenvalue weighted by atomic mass is 32.1. The van der Waals surface area contributed by atoms with E-state index in [1.165, 1.54) is 0 Å². The van der Waals surface area contributed by atoms with Crippen molar-refractivity contribution < 1.29 is 9.53 Å². The Morgan fingerprint density at radius 2 is 1.86 bits per heavy atom. The van der Waals surface area contributed by atoms with Gasteiger partial charge in [0.15, 0.2) is 0 Å². The predicted molar refractivity (Wildman–Crippen MR) is 117 cm³/mol. The summed E-state index contributed by atoms with van der Waals surface area (Å²) < 4.78 is 5.22. The van der Waals surface area contributed by atoms with Crippen molar-refractivity contribution in [1.29, 1.82) is 0 Å². The molecule has 1 saturated heterocycles. The van der Waals surface area contributed by atoms with Crippen LogP contribution >= 0.6 is 11.3 Å². The Morgan fingerprint density at radius 1 is 1.14 bits per heavy atom. The Morgan fingerprint density at radius 3 is 2.55 bits per heavy atom. The number of anilines is 1. The number of benzene rings is 2. The molecule has 1 aliphatic heterocycles. The van der Waals surface area contributed by atoms with E-state index in [4.69, 9.17) is 9.72 Å². The number of thiazole rings is 1. The number of nitrogens with one attached hydrogen (secondary N) is 1. The van der Waals surface area contributed by atoms with Crippen molar-refractivity contribution in [2.45, 2.75) is 19.4 Å². The van der Waals surface area contributed by atoms with Gasteiger partial charge in [-0.3, -0.25) is 9.69 Å². The van der Waals surface area contributed by atoms with E-state index in [1.807, 2.05) is 54.6 Å². The molecule has 2 heterocycles. The average molecular weight is 408 g/mol. The Bertz CT molecular complexity index is 932. The summed E-state index contributed by atoms with van der Waals surface area (Å²) in [7, 11) is 1.67. The van der Waals surface area contributed by atoms with Gasteiger partial charge in [-0.1, -0.05) is 18.2 Å². The minimum atomic E-state index is 0.0803. The fourth-order valence-corrected chi connectivity index (χ4v) is 4.41. The molecule has 1 fully saturated rings. The lowest BCUT2D eigenvalue weighted by Crippen LogP contribution is -2.37. The van der Waals surface area contributed by atoms with Crippen LogP contribution in [0.25, 0.3) is 10.6 Å². The summed E-state index contributed by atoms with van der Waals surface area (Å²) in [4.78, 5) is 19.7. The number of carbonyl (C=O) groups is 1. The molecule has 1 N–H and O–H groups in total. The number of likely N-dealkylation sites (tertiary alicyclic amines) is 1. The monoisotopic (exact) mass is 407 g/mol. The number of hydrogen-bond donors (Lipinski definition) is 1. The van der Waals surface area contributed by atoms with Gasteiger partial charge in [-0.15, -0.1) is 11.3 Å². The van der Waals surface area contributed by atoms with Crippen LogP contribution in [-0.2, 0) is 11.3 Å². The molecule has 0 unspecified atom stereocenters. The summed E-state index contributed by atoms with van der Waals surface area (Å²) in [5, 5.41) is 6.19. The summed E-state index contributed by atoms with van der Waals surface area (Å²) in [5.74, 6) is 1.06. The van der Waals surface area contributed by atoms with Crippen molar-refractivity contribution >= 4 is 22.9 Å². The van der Waals surface area contributed by atoms with E-state index >= 15 is 0 Å². The molecule has 4 rings (SSSR count). The molecule has 2 aromatic carbocycles. The van der Waals surface area contributed by atoms with Crippen LogP contribution in [0.4, 0.5) is 5.69 Å². The third-order valence-electron chi connectivity index (χ3n) is 5.27. The molecule has 150 valence electrons. The molecule has 0 bridgehead atoms. The maximum atomic E-state index is 12.5. The van der Waals surface area contributed by atoms with Crippen LogP contribution in [-0.4, -0.2) is 36.0 Å². The van der Waals surface area contributed by atoms with Crippen LogP contribution in [0.1, 0.15) is 18.5 Å². The van der Waals surface area contributed by atoms with Gasteiger partial charge in [-0.05, 0) is 62.3 Å². The topological polar surface area (TPSA) is 54.5 Å². The van der Waals surface area contributed by atoms with Crippen molar-refractivity contribution in [1.82, 2.24) is 9.88 Å². The summed E-state index contributed by atoms with van der Waals surface area (Å²) in [5.41, 5.74) is 3.07. The van der Waals surface area contributed by atoms with Crippen LogP contribution in [0.15, 0.2) is 60.0 Å². The van der Waals surface area contributed by atoms with Crippen LogP contribution in [0.3, 0.4) is 0 Å². The van der Waals surface area contributed by atoms with Crippen LogP contribution < -0.4 is 10.1 Å². The first kappa shape index (κ1) is 19.6. The molecule has 0 aliphatic carbocycles. The normalized spacial score (nSPS) is 15.2. The van der Waals surface area contributed by atoms with Gasteiger partial charge >= 0.3 is 0 Å². The minimum Gasteiger partial charge on any atom is -0.497 e. The van der Waals surface area contributed by atoms with E-state index < -0.39 is 0 Å². The number of nitrogens with zero attached hydrogens (tertiary/aromatic N) is 2. The van der Waals surface area contributed by atoms with Crippen molar-refractivity contribution in [2.24, 2.45) is 5.92 Å². The van der Waals surface area contributed by atoms with Crippen LogP contribution in [0.2, 0.25) is 0 Å². The number of methoxy groups -OCH3 is 1. The lowest BCUT2D eigenvalue weighted by Gasteiger charge is -2.30. The van der Waals surface area contributed by atoms with Gasteiger partial charge in [0.05, 0.1) is 12.8 Å². The highest BCUT2D eigenvalue weighted by Gasteiger charge is 2.25. The Kier molecular flexibility index (Phi) is 6.22. The number of carbonyl (C=O) groups excluding carboxylic acids is 1. The van der Waals surface area contributed by atoms with Gasteiger partial charge < -0.3 is 10.1 Å². The molecule has 0 spiro atoms. The number of ether oxygens (including phenoxy) is 1. The quantitative estimate of drug-likeness (QED) is 0.645. The van der Waals surface area contributed by atoms with Gasteiger partial charge in [-0.25, -0.2) is 4.98 Å². The van der Waals surface area contributed by atoms with Gasteiger partial charge in [0, 0.05) is 29.1 Å². The van der Waals surface area contributed by atoms with E-state index in [0.717, 1.165) is 60.2 Å². The van der Waals surface area contributed by atoms with Gasteiger partial charge in [0.1, 0.15) is 10.8 Å². The summed E-state index contributed by atoms with van der Waals surface area (Å²) in [6.07, 6.45) is 1.77. The zero-order chi connectivity index (χ0) is 20.1. The molecule has 0 saturated carbocycles. The largest absolute Gasteiger partial charge is 0.497 e. The maximum absolute atomic E-state index is 12.5. The number of hydrogen-bond acceptors (Lipinski definition) is 5. The first-order chi connectivity index (χ1) is 14.2. The molecule has 3 aromatic rings. The minimum absolute atomic E-state index is 0.0803. The third kappa shape index (κ3) is 5.02. The van der Waals surface area contributed by atoms with Gasteiger partial charge in [0.25, 0.3) is 0 Å². The predicted octanol–water partition coefficient (Wildman–Crippen LogP) is 4.67. The lowest BCUT2D eigenvalue weighted by molar-refractivity contribution is -0.121. The number of amides is 1. The first-order valence-corrected chi connectivity index (χ1v) is 10.8. The summed E-state index contributed by atoms with van der Waals surface area (Å²) in [6, 6.07) is 17.7. The molecule has 1 aliphatic rings. The lowest BCUT2D eigenvalue weighted by atomic mass is 9.95. The molecule has 0 radical (unpaired) electrons. The van der Waals surface area contributed by atoms with E-state index in [-0.39, 0.29) is 11.8 Å². The Labute approximate surface area is 175 Å². The zero-order valence-electron chi connectivity index (χ0n) is 16.5. The second kappa shape index (κ2) is 9.20. The molecular formula is C23H25N3O2S. The second-order valence-corrected chi connectivity index (χ2v) is 8.14. The average Bonchev–Trinajstić information content (AvgIpc) is 3.23. The van der Waals surface area contributed by atoms with Crippen molar-refractivity contribution in [3.05, 3.63) is 65.7 Å². The molecule has 1 amide bonds. The van der Waals surface area contributed by atoms with Gasteiger partial charge in [0.2, 0.25) is 5.91 Å². The molecule has 29 heavy (non-hydrogen) atoms. The van der Waals surface area contributed by atoms with E-state index in [0.29, 0.717) is 0 Å². The smallest absolute Gasteiger partial charge is 0.227 e. The maximum Gasteiger partial charge on any atom is 0.227 e. The summed E-state index contributed by atoms with van der Waals surface area (Å²) in [6.45, 7) is 2.67. The third-order valence-corrected chi connectivity index (χ3v) is 6.21. The van der Waals surface area contributed by atoms with E-state index in [1.54, 1.807) is 18.4 Å². The zero-order valence-corrected chi connectivity index (χ0v) is 17.3. The highest BCUT2D eigenvalue weighted by Crippen LogP contribution is 2.27. The van der Waals surface area contributed by atoms with Crippen LogP contribution in [0, 0.1) is 5.92 Å². The SMILES string of the molecule is COc1ccc(-c2nc(CN3CCC(C(=O)Nc4ccccc4)CC3)cs2)cc1. The van der Waals surface area contributed by atoms with Crippen molar-refractivity contribution in [2.75, 3.05) is 25.5 Å². The highest BCUT2D eigenvalue weighted by molar-refractivity contribution is 7.13. The first-order valence-electron chi connectivity index (χ1n) is 9.88. The van der Waals surface area contributed by atoms with E-state index in [9.17, 15) is 4.79 Å². The standard InChI is InChI=1S/C23H25N3O2S/c1-28-21-9-7-18(8-10-21)23-25-20(16-29-23)15-26-13-11-17(12-14-26)22(27)24-19-5-3-2-4-6-19/h2-10,16-17H,11-15H2,1H3,(H,24,27). The van der Waals surface area contributed by atoms with Crippen molar-refractivity contribution in [3.63, 3.8) is 0 Å². The Balaban J connectivity index is 1.28. The molecule has 6 heteroatoms. The fourth-order valence-electron chi connectivity index (χ4n) is 3.59. The molecule has 0 atom stereocenters. The van der Waals surface area contributed by atoms with Crippen LogP contribution in [0.5, 0.6) is 5.75 Å². The number of para-hydroxylation sites is 1. The van der Waals surface area contributed by atoms with Gasteiger partial charge in [-0.2, -0.15) is 0 Å². The van der Waals surface area contributed by atoms with Crippen molar-refractivity contribution in [3.8, 4) is 16.3 Å². The molecule has 5 nitrogen and oxygen atoms in total. The fraction of sp³-hybridized carbons (Fsp3) is 0.304. The second-order valence-electron chi connectivity index (χ2n) is 7.28. The number of rotatable bonds is 6. The Hall–Kier alpha value is -2.70. The number of aromatic nitrogens is 1. The van der Waals surface area contributed by atoms with E-state index in [2.05, 4.69) is 15.6 Å². The number of piperidine rings is 1.